The van der Waals surface area contributed by atoms with E-state index in [1.54, 1.807) is 15.6 Å². The van der Waals surface area contributed by atoms with Crippen molar-refractivity contribution in [3.8, 4) is 0 Å². The highest BCUT2D eigenvalue weighted by Crippen LogP contribution is 2.41. The molecule has 3 aromatic carbocycles. The Labute approximate surface area is 195 Å². The highest BCUT2D eigenvalue weighted by molar-refractivity contribution is 7.16. The van der Waals surface area contributed by atoms with E-state index in [1.807, 2.05) is 0 Å². The fraction of sp³-hybridized carbons (Fsp3) is 0.290. The molecule has 0 aromatic heterocycles. The third-order valence-electron chi connectivity index (χ3n) is 7.85. The second-order valence-electron chi connectivity index (χ2n) is 9.82. The Hall–Kier alpha value is -2.64. The van der Waals surface area contributed by atoms with Crippen molar-refractivity contribution in [2.24, 2.45) is 5.92 Å². The summed E-state index contributed by atoms with van der Waals surface area (Å²) in [5.41, 5.74) is 10.0. The summed E-state index contributed by atoms with van der Waals surface area (Å²) >= 11 is 0. The van der Waals surface area contributed by atoms with E-state index in [9.17, 15) is 0 Å². The zero-order valence-corrected chi connectivity index (χ0v) is 21.9. The third kappa shape index (κ3) is 3.35. The van der Waals surface area contributed by atoms with Crippen molar-refractivity contribution in [2.75, 3.05) is 0 Å². The molecule has 0 nitrogen and oxygen atoms in total. The topological polar surface area (TPSA) is 0 Å². The molecule has 0 aliphatic heterocycles. The van der Waals surface area contributed by atoms with Crippen LogP contribution in [-0.2, 0) is 0 Å². The van der Waals surface area contributed by atoms with E-state index in [0.29, 0.717) is 5.92 Å². The van der Waals surface area contributed by atoms with E-state index in [0.717, 1.165) is 0 Å². The van der Waals surface area contributed by atoms with Crippen LogP contribution in [0.3, 0.4) is 0 Å². The van der Waals surface area contributed by atoms with Crippen LogP contribution in [-0.4, -0.2) is 8.07 Å². The predicted molar refractivity (Wildman–Crippen MR) is 143 cm³/mol. The SMILES string of the molecule is CC1=C(C)C(C)C([Si](c2ccccc2)(c2cc(C)ccc2C)c2cc(C)ccc2C)=C1C. The van der Waals surface area contributed by atoms with Crippen LogP contribution in [0, 0.1) is 33.6 Å². The van der Waals surface area contributed by atoms with Gasteiger partial charge in [0.15, 0.2) is 8.07 Å². The van der Waals surface area contributed by atoms with Gasteiger partial charge in [0.05, 0.1) is 0 Å². The molecule has 0 saturated carbocycles. The van der Waals surface area contributed by atoms with E-state index in [2.05, 4.69) is 122 Å². The molecule has 4 rings (SSSR count). The number of aryl methyl sites for hydroxylation is 4. The fourth-order valence-corrected chi connectivity index (χ4v) is 12.2. The predicted octanol–water partition coefficient (Wildman–Crippen LogP) is 6.23. The molecule has 0 amide bonds. The Morgan fingerprint density at radius 1 is 0.594 bits per heavy atom. The lowest BCUT2D eigenvalue weighted by Gasteiger charge is -2.40. The molecule has 1 unspecified atom stereocenters. The first kappa shape index (κ1) is 22.5. The molecule has 1 aliphatic rings. The molecule has 0 fully saturated rings. The average Bonchev–Trinajstić information content (AvgIpc) is 2.97. The summed E-state index contributed by atoms with van der Waals surface area (Å²) in [4.78, 5) is 0. The second-order valence-corrected chi connectivity index (χ2v) is 13.5. The first-order valence-corrected chi connectivity index (χ1v) is 13.8. The average molecular weight is 437 g/mol. The Morgan fingerprint density at radius 2 is 1.09 bits per heavy atom. The molecular weight excluding hydrogens is 400 g/mol. The van der Waals surface area contributed by atoms with Gasteiger partial charge in [-0.15, -0.1) is 0 Å². The Bertz CT molecular complexity index is 1190. The molecule has 32 heavy (non-hydrogen) atoms. The van der Waals surface area contributed by atoms with Gasteiger partial charge in [0.1, 0.15) is 0 Å². The Balaban J connectivity index is 2.27. The molecular formula is C31H36Si. The van der Waals surface area contributed by atoms with Gasteiger partial charge in [0.2, 0.25) is 0 Å². The summed E-state index contributed by atoms with van der Waals surface area (Å²) in [7, 11) is -2.51. The number of hydrogen-bond donors (Lipinski definition) is 0. The van der Waals surface area contributed by atoms with Gasteiger partial charge < -0.3 is 0 Å². The molecule has 0 heterocycles. The maximum Gasteiger partial charge on any atom is 0.177 e. The largest absolute Gasteiger partial charge is 0.177 e. The molecule has 0 saturated heterocycles. The van der Waals surface area contributed by atoms with Crippen molar-refractivity contribution in [3.63, 3.8) is 0 Å². The number of hydrogen-bond acceptors (Lipinski definition) is 0. The lowest BCUT2D eigenvalue weighted by Crippen LogP contribution is -2.71. The van der Waals surface area contributed by atoms with E-state index in [4.69, 9.17) is 0 Å². The summed E-state index contributed by atoms with van der Waals surface area (Å²) in [6.07, 6.45) is 0. The van der Waals surface area contributed by atoms with Gasteiger partial charge in [-0.3, -0.25) is 0 Å². The van der Waals surface area contributed by atoms with Crippen LogP contribution >= 0.6 is 0 Å². The van der Waals surface area contributed by atoms with Crippen molar-refractivity contribution < 1.29 is 0 Å². The normalized spacial score (nSPS) is 16.8. The van der Waals surface area contributed by atoms with Crippen LogP contribution in [0.15, 0.2) is 88.6 Å². The van der Waals surface area contributed by atoms with E-state index in [1.165, 1.54) is 44.2 Å². The number of benzene rings is 3. The molecule has 164 valence electrons. The van der Waals surface area contributed by atoms with Gasteiger partial charge >= 0.3 is 0 Å². The standard InChI is InChI=1S/C31H36Si/c1-20-14-16-22(3)29(18-20)32(28-12-10-9-11-13-28,30-19-21(2)15-17-23(30)4)31-26(7)24(5)25(6)27(31)8/h9-19,26H,1-8H3. The van der Waals surface area contributed by atoms with Crippen LogP contribution in [0.1, 0.15) is 49.9 Å². The molecule has 1 aliphatic carbocycles. The van der Waals surface area contributed by atoms with Gasteiger partial charge in [-0.05, 0) is 75.5 Å². The first-order chi connectivity index (χ1) is 15.2. The number of allylic oxidation sites excluding steroid dienone is 4. The molecule has 1 heteroatoms. The van der Waals surface area contributed by atoms with Crippen molar-refractivity contribution in [2.45, 2.75) is 55.4 Å². The lowest BCUT2D eigenvalue weighted by atomic mass is 10.1. The quantitative estimate of drug-likeness (QED) is 0.336. The zero-order valence-electron chi connectivity index (χ0n) is 20.9. The lowest BCUT2D eigenvalue weighted by molar-refractivity contribution is 0.851. The monoisotopic (exact) mass is 436 g/mol. The van der Waals surface area contributed by atoms with Gasteiger partial charge in [-0.25, -0.2) is 0 Å². The summed E-state index contributed by atoms with van der Waals surface area (Å²) in [6, 6.07) is 25.6. The van der Waals surface area contributed by atoms with E-state index in [-0.39, 0.29) is 0 Å². The first-order valence-electron chi connectivity index (χ1n) is 11.8. The fourth-order valence-electron chi connectivity index (χ4n) is 5.84. The maximum atomic E-state index is 2.49. The molecule has 0 spiro atoms. The highest BCUT2D eigenvalue weighted by atomic mass is 28.3. The molecule has 0 bridgehead atoms. The molecule has 0 radical (unpaired) electrons. The zero-order chi connectivity index (χ0) is 23.2. The van der Waals surface area contributed by atoms with Gasteiger partial charge in [0, 0.05) is 0 Å². The van der Waals surface area contributed by atoms with Crippen molar-refractivity contribution in [1.29, 1.82) is 0 Å². The summed E-state index contributed by atoms with van der Waals surface area (Å²) < 4.78 is 0. The Kier molecular flexibility index (Phi) is 5.90. The second kappa shape index (κ2) is 8.37. The molecule has 0 N–H and O–H groups in total. The van der Waals surface area contributed by atoms with E-state index >= 15 is 0 Å². The molecule has 1 atom stereocenters. The van der Waals surface area contributed by atoms with Crippen molar-refractivity contribution in [1.82, 2.24) is 0 Å². The summed E-state index contributed by atoms with van der Waals surface area (Å²) in [5, 5.41) is 6.24. The summed E-state index contributed by atoms with van der Waals surface area (Å²) in [5.74, 6) is 0.446. The van der Waals surface area contributed by atoms with Gasteiger partial charge in [-0.1, -0.05) is 112 Å². The van der Waals surface area contributed by atoms with Crippen LogP contribution in [0.25, 0.3) is 0 Å². The smallest absolute Gasteiger partial charge is 0.0636 e. The van der Waals surface area contributed by atoms with Crippen LogP contribution in [0.5, 0.6) is 0 Å². The molecule has 3 aromatic rings. The van der Waals surface area contributed by atoms with Gasteiger partial charge in [0.25, 0.3) is 0 Å². The number of rotatable bonds is 4. The minimum atomic E-state index is -2.51. The maximum absolute atomic E-state index is 2.51. The van der Waals surface area contributed by atoms with Crippen LogP contribution in [0.2, 0.25) is 0 Å². The van der Waals surface area contributed by atoms with Crippen LogP contribution in [0.4, 0.5) is 0 Å². The minimum Gasteiger partial charge on any atom is -0.0636 e. The van der Waals surface area contributed by atoms with Crippen LogP contribution < -0.4 is 15.6 Å². The van der Waals surface area contributed by atoms with Crippen molar-refractivity contribution >= 4 is 23.6 Å². The Morgan fingerprint density at radius 3 is 1.53 bits per heavy atom. The minimum absolute atomic E-state index is 0.446. The highest BCUT2D eigenvalue weighted by Gasteiger charge is 2.49. The van der Waals surface area contributed by atoms with E-state index < -0.39 is 8.07 Å². The third-order valence-corrected chi connectivity index (χ3v) is 13.4. The summed E-state index contributed by atoms with van der Waals surface area (Å²) in [6.45, 7) is 18.6. The van der Waals surface area contributed by atoms with Gasteiger partial charge in [-0.2, -0.15) is 0 Å². The van der Waals surface area contributed by atoms with Crippen molar-refractivity contribution in [3.05, 3.63) is 111 Å².